The summed E-state index contributed by atoms with van der Waals surface area (Å²) in [6, 6.07) is 8.03. The highest BCUT2D eigenvalue weighted by molar-refractivity contribution is 9.09. The predicted octanol–water partition coefficient (Wildman–Crippen LogP) is 6.95. The molecule has 0 aliphatic carbocycles. The smallest absolute Gasteiger partial charge is 0.203 e. The number of hydrogen-bond acceptors (Lipinski definition) is 6. The molecule has 0 aliphatic heterocycles. The Morgan fingerprint density at radius 2 is 1.08 bits per heavy atom. The molecule has 0 aliphatic rings. The largest absolute Gasteiger partial charge is 0.493 e. The summed E-state index contributed by atoms with van der Waals surface area (Å²) < 4.78 is 33.3. The summed E-state index contributed by atoms with van der Waals surface area (Å²) in [5.41, 5.74) is 4.69. The molecule has 0 amide bonds. The van der Waals surface area contributed by atoms with Crippen LogP contribution in [-0.2, 0) is 12.8 Å². The Morgan fingerprint density at radius 1 is 0.639 bits per heavy atom. The van der Waals surface area contributed by atoms with Crippen LogP contribution in [0.2, 0.25) is 0 Å². The first-order valence-electron chi connectivity index (χ1n) is 11.6. The van der Waals surface area contributed by atoms with Crippen molar-refractivity contribution in [3.05, 3.63) is 58.7 Å². The molecule has 0 heterocycles. The minimum absolute atomic E-state index is 0.585. The molecule has 0 saturated carbocycles. The van der Waals surface area contributed by atoms with Gasteiger partial charge in [-0.25, -0.2) is 0 Å². The third-order valence-corrected chi connectivity index (χ3v) is 6.56. The van der Waals surface area contributed by atoms with Crippen LogP contribution < -0.4 is 28.4 Å². The second kappa shape index (κ2) is 15.7. The van der Waals surface area contributed by atoms with E-state index in [4.69, 9.17) is 28.4 Å². The van der Waals surface area contributed by atoms with E-state index < -0.39 is 0 Å². The lowest BCUT2D eigenvalue weighted by atomic mass is 9.92. The molecule has 0 atom stereocenters. The SMILES string of the molecule is COc1cc(CC(/C=C/CCBr)=C(/CCBr)Cc2cc(OC)c(OC)c(OC)c2)cc(OC)c1OC. The van der Waals surface area contributed by atoms with Crippen molar-refractivity contribution in [2.45, 2.75) is 25.7 Å². The lowest BCUT2D eigenvalue weighted by molar-refractivity contribution is 0.324. The predicted molar refractivity (Wildman–Crippen MR) is 153 cm³/mol. The quantitative estimate of drug-likeness (QED) is 0.157. The number of allylic oxidation sites excluding steroid dienone is 4. The Balaban J connectivity index is 2.60. The van der Waals surface area contributed by atoms with Crippen molar-refractivity contribution in [1.29, 1.82) is 0 Å². The Morgan fingerprint density at radius 3 is 1.44 bits per heavy atom. The number of alkyl halides is 2. The normalized spacial score (nSPS) is 11.8. The third kappa shape index (κ3) is 7.84. The average molecular weight is 628 g/mol. The maximum atomic E-state index is 5.58. The van der Waals surface area contributed by atoms with Gasteiger partial charge in [0.2, 0.25) is 11.5 Å². The Bertz CT molecular complexity index is 998. The van der Waals surface area contributed by atoms with Crippen LogP contribution in [0, 0.1) is 0 Å². The summed E-state index contributed by atoms with van der Waals surface area (Å²) in [6.07, 6.45) is 7.69. The van der Waals surface area contributed by atoms with Crippen LogP contribution in [0.1, 0.15) is 24.0 Å². The summed E-state index contributed by atoms with van der Waals surface area (Å²) in [5.74, 6) is 3.74. The van der Waals surface area contributed by atoms with Gasteiger partial charge in [-0.1, -0.05) is 49.6 Å². The molecule has 0 spiro atoms. The van der Waals surface area contributed by atoms with Crippen LogP contribution in [0.15, 0.2) is 47.6 Å². The number of rotatable bonds is 15. The van der Waals surface area contributed by atoms with Gasteiger partial charge in [-0.3, -0.25) is 0 Å². The van der Waals surface area contributed by atoms with Gasteiger partial charge in [0.25, 0.3) is 0 Å². The van der Waals surface area contributed by atoms with Gasteiger partial charge in [0, 0.05) is 10.7 Å². The standard InChI is InChI=1S/C28H36Br2O6/c1-31-23-15-19(16-24(32-2)27(23)35-5)13-21(9-7-8-11-29)22(10-12-30)14-20-17-25(33-3)28(36-6)26(18-20)34-4/h7,9,15-18H,8,10-14H2,1-6H3/b9-7+,22-21-. The number of ether oxygens (including phenoxy) is 6. The van der Waals surface area contributed by atoms with Gasteiger partial charge in [-0.2, -0.15) is 0 Å². The Kier molecular flexibility index (Phi) is 13.1. The zero-order valence-electron chi connectivity index (χ0n) is 21.9. The van der Waals surface area contributed by atoms with Crippen molar-refractivity contribution in [3.63, 3.8) is 0 Å². The molecule has 0 bridgehead atoms. The molecule has 2 aromatic carbocycles. The van der Waals surface area contributed by atoms with Crippen molar-refractivity contribution < 1.29 is 28.4 Å². The summed E-state index contributed by atoms with van der Waals surface area (Å²) >= 11 is 7.18. The topological polar surface area (TPSA) is 55.4 Å². The molecule has 198 valence electrons. The third-order valence-electron chi connectivity index (χ3n) is 5.71. The first-order valence-corrected chi connectivity index (χ1v) is 13.8. The molecule has 8 heteroatoms. The first-order chi connectivity index (χ1) is 17.5. The summed E-state index contributed by atoms with van der Waals surface area (Å²) in [6.45, 7) is 0. The van der Waals surface area contributed by atoms with E-state index >= 15 is 0 Å². The van der Waals surface area contributed by atoms with Crippen LogP contribution >= 0.6 is 31.9 Å². The fraction of sp³-hybridized carbons (Fsp3) is 0.429. The molecule has 36 heavy (non-hydrogen) atoms. The summed E-state index contributed by atoms with van der Waals surface area (Å²) in [4.78, 5) is 0. The summed E-state index contributed by atoms with van der Waals surface area (Å²) in [5, 5.41) is 1.75. The average Bonchev–Trinajstić information content (AvgIpc) is 2.90. The van der Waals surface area contributed by atoms with Crippen LogP contribution in [0.3, 0.4) is 0 Å². The lowest BCUT2D eigenvalue weighted by Gasteiger charge is -2.18. The number of methoxy groups -OCH3 is 6. The van der Waals surface area contributed by atoms with Gasteiger partial charge in [0.15, 0.2) is 23.0 Å². The molecule has 0 unspecified atom stereocenters. The fourth-order valence-electron chi connectivity index (χ4n) is 4.01. The van der Waals surface area contributed by atoms with E-state index in [0.29, 0.717) is 40.9 Å². The van der Waals surface area contributed by atoms with E-state index in [2.05, 4.69) is 44.0 Å². The summed E-state index contributed by atoms with van der Waals surface area (Å²) in [7, 11) is 9.76. The second-order valence-electron chi connectivity index (χ2n) is 7.87. The highest BCUT2D eigenvalue weighted by Crippen LogP contribution is 2.40. The number of benzene rings is 2. The van der Waals surface area contributed by atoms with Crippen molar-refractivity contribution in [3.8, 4) is 34.5 Å². The van der Waals surface area contributed by atoms with E-state index in [-0.39, 0.29) is 0 Å². The molecule has 0 radical (unpaired) electrons. The minimum Gasteiger partial charge on any atom is -0.493 e. The molecule has 0 saturated heterocycles. The van der Waals surface area contributed by atoms with E-state index in [1.165, 1.54) is 11.1 Å². The van der Waals surface area contributed by atoms with E-state index in [1.807, 2.05) is 24.3 Å². The highest BCUT2D eigenvalue weighted by Gasteiger charge is 2.17. The van der Waals surface area contributed by atoms with E-state index in [9.17, 15) is 0 Å². The molecule has 0 aromatic heterocycles. The van der Waals surface area contributed by atoms with Crippen LogP contribution in [0.4, 0.5) is 0 Å². The van der Waals surface area contributed by atoms with Crippen LogP contribution in [0.5, 0.6) is 34.5 Å². The lowest BCUT2D eigenvalue weighted by Crippen LogP contribution is -2.03. The molecular weight excluding hydrogens is 592 g/mol. The van der Waals surface area contributed by atoms with Gasteiger partial charge < -0.3 is 28.4 Å². The molecule has 2 aromatic rings. The van der Waals surface area contributed by atoms with Gasteiger partial charge in [0.1, 0.15) is 0 Å². The molecule has 2 rings (SSSR count). The van der Waals surface area contributed by atoms with Crippen molar-refractivity contribution in [2.75, 3.05) is 53.3 Å². The first kappa shape index (κ1) is 29.9. The Hall–Kier alpha value is -2.32. The van der Waals surface area contributed by atoms with E-state index in [0.717, 1.165) is 41.0 Å². The second-order valence-corrected chi connectivity index (χ2v) is 9.45. The van der Waals surface area contributed by atoms with Gasteiger partial charge >= 0.3 is 0 Å². The monoisotopic (exact) mass is 626 g/mol. The van der Waals surface area contributed by atoms with E-state index in [1.54, 1.807) is 42.7 Å². The van der Waals surface area contributed by atoms with Crippen molar-refractivity contribution in [1.82, 2.24) is 0 Å². The maximum Gasteiger partial charge on any atom is 0.203 e. The van der Waals surface area contributed by atoms with Crippen LogP contribution in [0.25, 0.3) is 0 Å². The Labute approximate surface area is 231 Å². The maximum absolute atomic E-state index is 5.58. The highest BCUT2D eigenvalue weighted by atomic mass is 79.9. The van der Waals surface area contributed by atoms with Gasteiger partial charge in [0.05, 0.1) is 42.7 Å². The number of hydrogen-bond donors (Lipinski definition) is 0. The molecule has 0 N–H and O–H groups in total. The number of halogens is 2. The van der Waals surface area contributed by atoms with Crippen molar-refractivity contribution in [2.24, 2.45) is 0 Å². The van der Waals surface area contributed by atoms with Crippen LogP contribution in [-0.4, -0.2) is 53.3 Å². The van der Waals surface area contributed by atoms with Gasteiger partial charge in [-0.15, -0.1) is 0 Å². The molecule has 0 fully saturated rings. The zero-order chi connectivity index (χ0) is 26.5. The fourth-order valence-corrected chi connectivity index (χ4v) is 4.75. The minimum atomic E-state index is 0.585. The van der Waals surface area contributed by atoms with Gasteiger partial charge in [-0.05, 0) is 66.6 Å². The zero-order valence-corrected chi connectivity index (χ0v) is 25.1. The van der Waals surface area contributed by atoms with Crippen molar-refractivity contribution >= 4 is 31.9 Å². The molecular formula is C28H36Br2O6. The molecule has 6 nitrogen and oxygen atoms in total.